The van der Waals surface area contributed by atoms with Gasteiger partial charge in [0.2, 0.25) is 0 Å². The van der Waals surface area contributed by atoms with Gasteiger partial charge in [0.1, 0.15) is 5.75 Å². The molecule has 3 atom stereocenters. The quantitative estimate of drug-likeness (QED) is 0.761. The van der Waals surface area contributed by atoms with Crippen molar-refractivity contribution >= 4 is 9.84 Å². The van der Waals surface area contributed by atoms with Crippen molar-refractivity contribution in [2.24, 2.45) is 0 Å². The number of hydrogen-bond donors (Lipinski definition) is 1. The third-order valence-corrected chi connectivity index (χ3v) is 6.50. The Bertz CT molecular complexity index is 861. The molecule has 0 heterocycles. The molecule has 1 fully saturated rings. The second-order valence-corrected chi connectivity index (χ2v) is 9.46. The van der Waals surface area contributed by atoms with Crippen molar-refractivity contribution in [3.63, 3.8) is 0 Å². The predicted molar refractivity (Wildman–Crippen MR) is 109 cm³/mol. The van der Waals surface area contributed by atoms with Crippen LogP contribution in [-0.2, 0) is 9.84 Å². The summed E-state index contributed by atoms with van der Waals surface area (Å²) in [5, 5.41) is 3.75. The van der Waals surface area contributed by atoms with Gasteiger partial charge in [-0.05, 0) is 74.4 Å². The van der Waals surface area contributed by atoms with Crippen LogP contribution in [0.1, 0.15) is 56.2 Å². The van der Waals surface area contributed by atoms with Gasteiger partial charge in [0.05, 0.1) is 11.5 Å². The third-order valence-electron chi connectivity index (χ3n) is 5.37. The van der Waals surface area contributed by atoms with Gasteiger partial charge in [-0.3, -0.25) is 0 Å². The van der Waals surface area contributed by atoms with E-state index in [1.165, 1.54) is 17.4 Å². The minimum atomic E-state index is -3.13. The van der Waals surface area contributed by atoms with Crippen molar-refractivity contribution in [3.05, 3.63) is 59.7 Å². The zero-order valence-corrected chi connectivity index (χ0v) is 17.1. The van der Waals surface area contributed by atoms with Crippen LogP contribution in [0.2, 0.25) is 0 Å². The molecule has 1 aliphatic rings. The Morgan fingerprint density at radius 1 is 1.15 bits per heavy atom. The molecule has 0 bridgehead atoms. The van der Waals surface area contributed by atoms with Crippen LogP contribution in [0.25, 0.3) is 0 Å². The Kier molecular flexibility index (Phi) is 6.22. The zero-order chi connectivity index (χ0) is 19.4. The lowest BCUT2D eigenvalue weighted by Gasteiger charge is -2.21. The fourth-order valence-corrected chi connectivity index (χ4v) is 4.54. The second-order valence-electron chi connectivity index (χ2n) is 7.44. The largest absolute Gasteiger partial charge is 0.494 e. The highest BCUT2D eigenvalue weighted by Crippen LogP contribution is 2.36. The van der Waals surface area contributed by atoms with Crippen molar-refractivity contribution in [1.82, 2.24) is 5.32 Å². The van der Waals surface area contributed by atoms with E-state index in [1.807, 2.05) is 31.2 Å². The van der Waals surface area contributed by atoms with Gasteiger partial charge in [0.25, 0.3) is 0 Å². The number of ether oxygens (including phenoxy) is 1. The number of hydrogen-bond acceptors (Lipinski definition) is 4. The highest BCUT2D eigenvalue weighted by atomic mass is 32.2. The van der Waals surface area contributed by atoms with Gasteiger partial charge in [-0.1, -0.05) is 24.3 Å². The normalized spacial score (nSPS) is 21.1. The van der Waals surface area contributed by atoms with Crippen molar-refractivity contribution in [2.45, 2.75) is 56.0 Å². The Labute approximate surface area is 162 Å². The van der Waals surface area contributed by atoms with E-state index in [9.17, 15) is 8.42 Å². The standard InChI is InChI=1S/C22H29NO3S/c1-4-26-21-7-5-6-18(15-21)16(2)23-20-11-8-19(14-20)17-9-12-22(13-10-17)27(3,24)25/h5-7,9-10,12-13,15-16,19-20,23H,4,8,11,14H2,1-3H3. The average molecular weight is 388 g/mol. The molecule has 2 aromatic carbocycles. The minimum Gasteiger partial charge on any atom is -0.494 e. The number of rotatable bonds is 7. The fourth-order valence-electron chi connectivity index (χ4n) is 3.91. The van der Waals surface area contributed by atoms with E-state index >= 15 is 0 Å². The molecule has 0 amide bonds. The molecule has 1 N–H and O–H groups in total. The number of nitrogens with one attached hydrogen (secondary N) is 1. The van der Waals surface area contributed by atoms with Crippen LogP contribution in [0.5, 0.6) is 5.75 Å². The molecule has 146 valence electrons. The van der Waals surface area contributed by atoms with Crippen molar-refractivity contribution in [1.29, 1.82) is 0 Å². The molecule has 1 aliphatic carbocycles. The van der Waals surface area contributed by atoms with E-state index in [0.29, 0.717) is 23.5 Å². The van der Waals surface area contributed by atoms with Crippen LogP contribution in [0.4, 0.5) is 0 Å². The molecule has 0 aliphatic heterocycles. The summed E-state index contributed by atoms with van der Waals surface area (Å²) < 4.78 is 28.8. The van der Waals surface area contributed by atoms with Crippen LogP contribution in [-0.4, -0.2) is 27.3 Å². The maximum absolute atomic E-state index is 11.6. The minimum absolute atomic E-state index is 0.266. The molecule has 0 spiro atoms. The van der Waals surface area contributed by atoms with Crippen LogP contribution >= 0.6 is 0 Å². The van der Waals surface area contributed by atoms with E-state index < -0.39 is 9.84 Å². The molecule has 1 saturated carbocycles. The van der Waals surface area contributed by atoms with Gasteiger partial charge in [-0.2, -0.15) is 0 Å². The van der Waals surface area contributed by atoms with E-state index in [1.54, 1.807) is 12.1 Å². The molecule has 4 nitrogen and oxygen atoms in total. The monoisotopic (exact) mass is 387 g/mol. The number of benzene rings is 2. The summed E-state index contributed by atoms with van der Waals surface area (Å²) >= 11 is 0. The third kappa shape index (κ3) is 5.11. The van der Waals surface area contributed by atoms with Gasteiger partial charge >= 0.3 is 0 Å². The maximum Gasteiger partial charge on any atom is 0.175 e. The van der Waals surface area contributed by atoms with E-state index in [-0.39, 0.29) is 6.04 Å². The SMILES string of the molecule is CCOc1cccc(C(C)NC2CCC(c3ccc(S(C)(=O)=O)cc3)C2)c1. The smallest absolute Gasteiger partial charge is 0.175 e. The van der Waals surface area contributed by atoms with Crippen molar-refractivity contribution in [2.75, 3.05) is 12.9 Å². The van der Waals surface area contributed by atoms with Crippen LogP contribution in [0, 0.1) is 0 Å². The van der Waals surface area contributed by atoms with Gasteiger partial charge in [-0.15, -0.1) is 0 Å². The van der Waals surface area contributed by atoms with Gasteiger partial charge in [-0.25, -0.2) is 8.42 Å². The number of sulfone groups is 1. The summed E-state index contributed by atoms with van der Waals surface area (Å²) in [4.78, 5) is 0.390. The molecule has 0 aromatic heterocycles. The van der Waals surface area contributed by atoms with Crippen molar-refractivity contribution < 1.29 is 13.2 Å². The maximum atomic E-state index is 11.6. The molecule has 3 unspecified atom stereocenters. The molecule has 0 saturated heterocycles. The summed E-state index contributed by atoms with van der Waals surface area (Å²) in [5.41, 5.74) is 2.47. The highest BCUT2D eigenvalue weighted by molar-refractivity contribution is 7.90. The van der Waals surface area contributed by atoms with E-state index in [0.717, 1.165) is 25.0 Å². The zero-order valence-electron chi connectivity index (χ0n) is 16.3. The lowest BCUT2D eigenvalue weighted by molar-refractivity contribution is 0.339. The Hall–Kier alpha value is -1.85. The average Bonchev–Trinajstić information content (AvgIpc) is 3.10. The summed E-state index contributed by atoms with van der Waals surface area (Å²) in [5.74, 6) is 1.40. The van der Waals surface area contributed by atoms with E-state index in [4.69, 9.17) is 4.74 Å². The first kappa shape index (κ1) is 19.9. The lowest BCUT2D eigenvalue weighted by atomic mass is 9.97. The van der Waals surface area contributed by atoms with Crippen LogP contribution in [0.3, 0.4) is 0 Å². The molecule has 27 heavy (non-hydrogen) atoms. The first-order chi connectivity index (χ1) is 12.9. The van der Waals surface area contributed by atoms with Gasteiger partial charge in [0, 0.05) is 18.3 Å². The van der Waals surface area contributed by atoms with Crippen LogP contribution in [0.15, 0.2) is 53.4 Å². The van der Waals surface area contributed by atoms with Crippen molar-refractivity contribution in [3.8, 4) is 5.75 Å². The topological polar surface area (TPSA) is 55.4 Å². The molecule has 3 rings (SSSR count). The first-order valence-corrected chi connectivity index (χ1v) is 11.5. The van der Waals surface area contributed by atoms with Gasteiger partial charge in [0.15, 0.2) is 9.84 Å². The fraction of sp³-hybridized carbons (Fsp3) is 0.455. The molecule has 5 heteroatoms. The molecule has 0 radical (unpaired) electrons. The Morgan fingerprint density at radius 3 is 2.56 bits per heavy atom. The Morgan fingerprint density at radius 2 is 1.89 bits per heavy atom. The van der Waals surface area contributed by atoms with E-state index in [2.05, 4.69) is 24.4 Å². The highest BCUT2D eigenvalue weighted by Gasteiger charge is 2.27. The summed E-state index contributed by atoms with van der Waals surface area (Å²) in [6.45, 7) is 4.86. The Balaban J connectivity index is 1.60. The second kappa shape index (κ2) is 8.44. The summed E-state index contributed by atoms with van der Waals surface area (Å²) in [6, 6.07) is 16.4. The summed E-state index contributed by atoms with van der Waals surface area (Å²) in [7, 11) is -3.13. The van der Waals surface area contributed by atoms with Crippen LogP contribution < -0.4 is 10.1 Å². The summed E-state index contributed by atoms with van der Waals surface area (Å²) in [6.07, 6.45) is 4.59. The lowest BCUT2D eigenvalue weighted by Crippen LogP contribution is -2.29. The molecule has 2 aromatic rings. The molecular formula is C22H29NO3S. The molecular weight excluding hydrogens is 358 g/mol. The predicted octanol–water partition coefficient (Wildman–Crippen LogP) is 4.48. The van der Waals surface area contributed by atoms with Gasteiger partial charge < -0.3 is 10.1 Å². The first-order valence-electron chi connectivity index (χ1n) is 9.65.